The van der Waals surface area contributed by atoms with E-state index < -0.39 is 0 Å². The number of hydrogen-bond acceptors (Lipinski definition) is 3. The number of phenols is 1. The second kappa shape index (κ2) is 3.74. The minimum Gasteiger partial charge on any atom is -0.508 e. The van der Waals surface area contributed by atoms with Gasteiger partial charge in [-0.05, 0) is 38.0 Å². The van der Waals surface area contributed by atoms with Gasteiger partial charge in [-0.3, -0.25) is 0 Å². The van der Waals surface area contributed by atoms with Crippen molar-refractivity contribution in [2.75, 3.05) is 6.61 Å². The van der Waals surface area contributed by atoms with Crippen molar-refractivity contribution in [3.8, 4) is 11.5 Å². The Bertz CT molecular complexity index is 385. The Morgan fingerprint density at radius 3 is 2.93 bits per heavy atom. The molecule has 0 amide bonds. The third kappa shape index (κ3) is 1.67. The summed E-state index contributed by atoms with van der Waals surface area (Å²) in [6.45, 7) is 6.43. The number of phenolic OH excluding ortho intramolecular Hbond substituents is 1. The van der Waals surface area contributed by atoms with Crippen molar-refractivity contribution in [1.29, 1.82) is 0 Å². The minimum absolute atomic E-state index is 0.191. The number of aromatic hydroxyl groups is 1. The normalized spacial score (nSPS) is 18.7. The Balaban J connectivity index is 2.36. The first kappa shape index (κ1) is 10.3. The van der Waals surface area contributed by atoms with E-state index in [1.54, 1.807) is 6.07 Å². The van der Waals surface area contributed by atoms with Crippen LogP contribution in [0.15, 0.2) is 6.07 Å². The summed E-state index contributed by atoms with van der Waals surface area (Å²) in [5.74, 6) is 1.22. The molecular weight excluding hydrogens is 192 g/mol. The summed E-state index contributed by atoms with van der Waals surface area (Å²) in [4.78, 5) is 0. The number of benzene rings is 1. The largest absolute Gasteiger partial charge is 0.508 e. The monoisotopic (exact) mass is 208 g/mol. The van der Waals surface area contributed by atoms with Gasteiger partial charge in [0, 0.05) is 18.6 Å². The van der Waals surface area contributed by atoms with Gasteiger partial charge >= 0.3 is 0 Å². The lowest BCUT2D eigenvalue weighted by atomic mass is 10.0. The SMILES string of the molecule is CCOC1Cc2c(C)c(O)cc(C)c2O1. The van der Waals surface area contributed by atoms with E-state index in [0.29, 0.717) is 12.4 Å². The third-order valence-corrected chi connectivity index (χ3v) is 2.79. The first-order chi connectivity index (χ1) is 7.13. The molecular formula is C12H16O3. The predicted molar refractivity (Wildman–Crippen MR) is 57.3 cm³/mol. The Hall–Kier alpha value is -1.22. The van der Waals surface area contributed by atoms with Crippen LogP contribution in [0.5, 0.6) is 11.5 Å². The number of rotatable bonds is 2. The molecule has 0 aromatic heterocycles. The van der Waals surface area contributed by atoms with E-state index >= 15 is 0 Å². The molecule has 2 rings (SSSR count). The van der Waals surface area contributed by atoms with Crippen LogP contribution in [0.2, 0.25) is 0 Å². The van der Waals surface area contributed by atoms with Crippen LogP contribution >= 0.6 is 0 Å². The van der Waals surface area contributed by atoms with Crippen LogP contribution in [0.1, 0.15) is 23.6 Å². The highest BCUT2D eigenvalue weighted by Gasteiger charge is 2.27. The topological polar surface area (TPSA) is 38.7 Å². The molecule has 0 saturated carbocycles. The summed E-state index contributed by atoms with van der Waals surface area (Å²) in [7, 11) is 0. The van der Waals surface area contributed by atoms with Gasteiger partial charge in [-0.25, -0.2) is 0 Å². The highest BCUT2D eigenvalue weighted by Crippen LogP contribution is 2.38. The molecule has 1 aromatic rings. The second-order valence-electron chi connectivity index (χ2n) is 3.85. The second-order valence-corrected chi connectivity index (χ2v) is 3.85. The molecule has 0 aliphatic carbocycles. The Labute approximate surface area is 89.6 Å². The van der Waals surface area contributed by atoms with Crippen LogP contribution < -0.4 is 4.74 Å². The Morgan fingerprint density at radius 1 is 1.53 bits per heavy atom. The van der Waals surface area contributed by atoms with Gasteiger partial charge in [-0.2, -0.15) is 0 Å². The Morgan fingerprint density at radius 2 is 2.27 bits per heavy atom. The maximum Gasteiger partial charge on any atom is 0.204 e. The van der Waals surface area contributed by atoms with E-state index in [9.17, 15) is 5.11 Å². The van der Waals surface area contributed by atoms with Crippen molar-refractivity contribution < 1.29 is 14.6 Å². The zero-order chi connectivity index (χ0) is 11.0. The van der Waals surface area contributed by atoms with Gasteiger partial charge < -0.3 is 14.6 Å². The van der Waals surface area contributed by atoms with Gasteiger partial charge in [-0.15, -0.1) is 0 Å². The van der Waals surface area contributed by atoms with Crippen molar-refractivity contribution in [2.45, 2.75) is 33.5 Å². The molecule has 1 aliphatic rings. The van der Waals surface area contributed by atoms with Crippen LogP contribution in [0.25, 0.3) is 0 Å². The van der Waals surface area contributed by atoms with Gasteiger partial charge in [0.05, 0.1) is 0 Å². The average molecular weight is 208 g/mol. The molecule has 1 unspecified atom stereocenters. The zero-order valence-corrected chi connectivity index (χ0v) is 9.33. The highest BCUT2D eigenvalue weighted by molar-refractivity contribution is 5.54. The molecule has 1 aromatic carbocycles. The van der Waals surface area contributed by atoms with E-state index in [4.69, 9.17) is 9.47 Å². The molecule has 3 nitrogen and oxygen atoms in total. The fourth-order valence-electron chi connectivity index (χ4n) is 1.97. The number of hydrogen-bond donors (Lipinski definition) is 1. The molecule has 15 heavy (non-hydrogen) atoms. The summed E-state index contributed by atoms with van der Waals surface area (Å²) in [6, 6.07) is 1.74. The molecule has 0 fully saturated rings. The zero-order valence-electron chi connectivity index (χ0n) is 9.33. The highest BCUT2D eigenvalue weighted by atomic mass is 16.7. The first-order valence-electron chi connectivity index (χ1n) is 5.23. The van der Waals surface area contributed by atoms with E-state index in [-0.39, 0.29) is 6.29 Å². The van der Waals surface area contributed by atoms with E-state index in [1.807, 2.05) is 20.8 Å². The van der Waals surface area contributed by atoms with Crippen LogP contribution in [0.3, 0.4) is 0 Å². The predicted octanol–water partition coefficient (Wildman–Crippen LogP) is 2.31. The smallest absolute Gasteiger partial charge is 0.204 e. The fraction of sp³-hybridized carbons (Fsp3) is 0.500. The molecule has 0 radical (unpaired) electrons. The van der Waals surface area contributed by atoms with E-state index in [0.717, 1.165) is 28.9 Å². The van der Waals surface area contributed by atoms with E-state index in [2.05, 4.69) is 0 Å². The molecule has 0 spiro atoms. The van der Waals surface area contributed by atoms with Gasteiger partial charge in [-0.1, -0.05) is 0 Å². The Kier molecular flexibility index (Phi) is 2.57. The molecule has 82 valence electrons. The number of fused-ring (bicyclic) bond motifs is 1. The lowest BCUT2D eigenvalue weighted by Gasteiger charge is -2.10. The van der Waals surface area contributed by atoms with Crippen molar-refractivity contribution in [2.24, 2.45) is 0 Å². The van der Waals surface area contributed by atoms with Crippen LogP contribution in [-0.4, -0.2) is 18.0 Å². The average Bonchev–Trinajstić information content (AvgIpc) is 2.60. The minimum atomic E-state index is -0.191. The van der Waals surface area contributed by atoms with Gasteiger partial charge in [0.25, 0.3) is 0 Å². The summed E-state index contributed by atoms with van der Waals surface area (Å²) >= 11 is 0. The van der Waals surface area contributed by atoms with E-state index in [1.165, 1.54) is 0 Å². The van der Waals surface area contributed by atoms with Crippen molar-refractivity contribution in [3.63, 3.8) is 0 Å². The lowest BCUT2D eigenvalue weighted by Crippen LogP contribution is -2.17. The van der Waals surface area contributed by atoms with Crippen LogP contribution in [-0.2, 0) is 11.2 Å². The number of ether oxygens (including phenoxy) is 2. The molecule has 3 heteroatoms. The molecule has 0 saturated heterocycles. The van der Waals surface area contributed by atoms with Crippen molar-refractivity contribution in [3.05, 3.63) is 22.8 Å². The van der Waals surface area contributed by atoms with Gasteiger partial charge in [0.15, 0.2) is 0 Å². The molecule has 1 N–H and O–H groups in total. The lowest BCUT2D eigenvalue weighted by molar-refractivity contribution is -0.0605. The fourth-order valence-corrected chi connectivity index (χ4v) is 1.97. The summed E-state index contributed by atoms with van der Waals surface area (Å²) < 4.78 is 11.1. The van der Waals surface area contributed by atoms with Crippen molar-refractivity contribution >= 4 is 0 Å². The number of aryl methyl sites for hydroxylation is 1. The summed E-state index contributed by atoms with van der Waals surface area (Å²) in [5, 5.41) is 9.68. The first-order valence-corrected chi connectivity index (χ1v) is 5.23. The molecule has 1 atom stereocenters. The standard InChI is InChI=1S/C12H16O3/c1-4-14-11-6-9-8(3)10(13)5-7(2)12(9)15-11/h5,11,13H,4,6H2,1-3H3. The van der Waals surface area contributed by atoms with Crippen molar-refractivity contribution in [1.82, 2.24) is 0 Å². The maximum absolute atomic E-state index is 9.68. The maximum atomic E-state index is 9.68. The van der Waals surface area contributed by atoms with Crippen LogP contribution in [0, 0.1) is 13.8 Å². The summed E-state index contributed by atoms with van der Waals surface area (Å²) in [5.41, 5.74) is 2.94. The molecule has 1 aliphatic heterocycles. The van der Waals surface area contributed by atoms with Gasteiger partial charge in [0.1, 0.15) is 11.5 Å². The van der Waals surface area contributed by atoms with Gasteiger partial charge in [0.2, 0.25) is 6.29 Å². The molecule has 0 bridgehead atoms. The summed E-state index contributed by atoms with van der Waals surface area (Å²) in [6.07, 6.45) is 0.536. The molecule has 1 heterocycles. The quantitative estimate of drug-likeness (QED) is 0.810. The van der Waals surface area contributed by atoms with Crippen LogP contribution in [0.4, 0.5) is 0 Å². The third-order valence-electron chi connectivity index (χ3n) is 2.79.